The Balaban J connectivity index is 2.19. The molecule has 0 aliphatic rings. The molecule has 1 heterocycles. The number of carbonyl (C=O) groups excluding carboxylic acids is 3. The van der Waals surface area contributed by atoms with Crippen molar-refractivity contribution in [2.45, 2.75) is 0 Å². The fourth-order valence-corrected chi connectivity index (χ4v) is 2.01. The average molecular weight is 359 g/mol. The lowest BCUT2D eigenvalue weighted by molar-refractivity contribution is -0.138. The Labute approximate surface area is 149 Å². The molecule has 136 valence electrons. The summed E-state index contributed by atoms with van der Waals surface area (Å²) in [7, 11) is 3.67. The zero-order valence-corrected chi connectivity index (χ0v) is 14.4. The fourth-order valence-electron chi connectivity index (χ4n) is 2.01. The molecule has 0 spiro atoms. The van der Waals surface area contributed by atoms with Gasteiger partial charge < -0.3 is 23.9 Å². The molecule has 0 saturated heterocycles. The standard InChI is InChI=1S/C18H17NO7/c1-23-16(20)10-13(17(21)24-2)19-12-6-4-11(5-7-12)14-8-9-15(26-14)18(22)25-3/h4-10,19H,1-3H3/b13-10+. The van der Waals surface area contributed by atoms with Gasteiger partial charge in [0.1, 0.15) is 11.5 Å². The molecule has 1 aromatic carbocycles. The van der Waals surface area contributed by atoms with Crippen LogP contribution in [0.4, 0.5) is 5.69 Å². The van der Waals surface area contributed by atoms with Gasteiger partial charge in [0.05, 0.1) is 27.4 Å². The first-order valence-corrected chi connectivity index (χ1v) is 7.42. The van der Waals surface area contributed by atoms with Crippen molar-refractivity contribution in [1.29, 1.82) is 0 Å². The van der Waals surface area contributed by atoms with E-state index < -0.39 is 17.9 Å². The van der Waals surface area contributed by atoms with Crippen LogP contribution in [0.1, 0.15) is 10.6 Å². The van der Waals surface area contributed by atoms with Crippen molar-refractivity contribution >= 4 is 23.6 Å². The summed E-state index contributed by atoms with van der Waals surface area (Å²) < 4.78 is 19.1. The number of furan rings is 1. The van der Waals surface area contributed by atoms with Gasteiger partial charge in [0.25, 0.3) is 0 Å². The molecule has 1 aromatic heterocycles. The monoisotopic (exact) mass is 359 g/mol. The maximum absolute atomic E-state index is 11.7. The largest absolute Gasteiger partial charge is 0.466 e. The van der Waals surface area contributed by atoms with E-state index in [9.17, 15) is 14.4 Å². The second-order valence-corrected chi connectivity index (χ2v) is 4.93. The summed E-state index contributed by atoms with van der Waals surface area (Å²) in [6, 6.07) is 9.94. The number of hydrogen-bond donors (Lipinski definition) is 1. The average Bonchev–Trinajstić information content (AvgIpc) is 3.16. The van der Waals surface area contributed by atoms with Crippen molar-refractivity contribution in [2.24, 2.45) is 0 Å². The fraction of sp³-hybridized carbons (Fsp3) is 0.167. The third kappa shape index (κ3) is 4.50. The topological polar surface area (TPSA) is 104 Å². The van der Waals surface area contributed by atoms with Gasteiger partial charge >= 0.3 is 17.9 Å². The Hall–Kier alpha value is -3.55. The van der Waals surface area contributed by atoms with Crippen LogP contribution in [0.15, 0.2) is 52.6 Å². The molecule has 26 heavy (non-hydrogen) atoms. The van der Waals surface area contributed by atoms with Crippen LogP contribution in [-0.2, 0) is 23.8 Å². The molecule has 2 rings (SSSR count). The zero-order chi connectivity index (χ0) is 19.1. The summed E-state index contributed by atoms with van der Waals surface area (Å²) in [4.78, 5) is 34.5. The summed E-state index contributed by atoms with van der Waals surface area (Å²) >= 11 is 0. The number of esters is 3. The molecule has 1 N–H and O–H groups in total. The molecule has 0 radical (unpaired) electrons. The van der Waals surface area contributed by atoms with Crippen LogP contribution in [0.2, 0.25) is 0 Å². The molecule has 0 aliphatic carbocycles. The molecule has 8 heteroatoms. The summed E-state index contributed by atoms with van der Waals surface area (Å²) in [5, 5.41) is 2.79. The van der Waals surface area contributed by atoms with Gasteiger partial charge in [-0.1, -0.05) is 0 Å². The maximum atomic E-state index is 11.7. The first kappa shape index (κ1) is 18.8. The molecule has 0 atom stereocenters. The minimum Gasteiger partial charge on any atom is -0.466 e. The minimum atomic E-state index is -0.715. The highest BCUT2D eigenvalue weighted by atomic mass is 16.5. The van der Waals surface area contributed by atoms with E-state index >= 15 is 0 Å². The Morgan fingerprint density at radius 1 is 0.923 bits per heavy atom. The van der Waals surface area contributed by atoms with Crippen molar-refractivity contribution < 1.29 is 33.0 Å². The molecule has 0 saturated carbocycles. The third-order valence-corrected chi connectivity index (χ3v) is 3.31. The molecule has 0 aliphatic heterocycles. The quantitative estimate of drug-likeness (QED) is 0.476. The highest BCUT2D eigenvalue weighted by Gasteiger charge is 2.14. The maximum Gasteiger partial charge on any atom is 0.373 e. The van der Waals surface area contributed by atoms with Crippen LogP contribution >= 0.6 is 0 Å². The number of carbonyl (C=O) groups is 3. The first-order valence-electron chi connectivity index (χ1n) is 7.42. The summed E-state index contributed by atoms with van der Waals surface area (Å²) in [6.07, 6.45) is 0.995. The van der Waals surface area contributed by atoms with Gasteiger partial charge in [0.2, 0.25) is 5.76 Å². The molecule has 0 bridgehead atoms. The van der Waals surface area contributed by atoms with Gasteiger partial charge in [-0.3, -0.25) is 0 Å². The highest BCUT2D eigenvalue weighted by Crippen LogP contribution is 2.24. The van der Waals surface area contributed by atoms with Crippen LogP contribution in [0.25, 0.3) is 11.3 Å². The van der Waals surface area contributed by atoms with Crippen LogP contribution in [0, 0.1) is 0 Å². The molecular weight excluding hydrogens is 342 g/mol. The van der Waals surface area contributed by atoms with Crippen LogP contribution in [-0.4, -0.2) is 39.2 Å². The minimum absolute atomic E-state index is 0.0712. The van der Waals surface area contributed by atoms with Gasteiger partial charge in [0, 0.05) is 11.3 Å². The first-order chi connectivity index (χ1) is 12.5. The Morgan fingerprint density at radius 2 is 1.62 bits per heavy atom. The Kier molecular flexibility index (Phi) is 6.15. The third-order valence-electron chi connectivity index (χ3n) is 3.31. The van der Waals surface area contributed by atoms with E-state index in [0.717, 1.165) is 6.08 Å². The predicted octanol–water partition coefficient (Wildman–Crippen LogP) is 2.38. The van der Waals surface area contributed by atoms with E-state index in [1.165, 1.54) is 27.4 Å². The van der Waals surface area contributed by atoms with Gasteiger partial charge in [-0.15, -0.1) is 0 Å². The van der Waals surface area contributed by atoms with Crippen LogP contribution in [0.5, 0.6) is 0 Å². The van der Waals surface area contributed by atoms with Crippen molar-refractivity contribution in [3.8, 4) is 11.3 Å². The number of hydrogen-bond acceptors (Lipinski definition) is 8. The smallest absolute Gasteiger partial charge is 0.373 e. The van der Waals surface area contributed by atoms with E-state index in [4.69, 9.17) is 4.42 Å². The predicted molar refractivity (Wildman–Crippen MR) is 91.2 cm³/mol. The highest BCUT2D eigenvalue weighted by molar-refractivity contribution is 5.98. The van der Waals surface area contributed by atoms with E-state index in [2.05, 4.69) is 19.5 Å². The van der Waals surface area contributed by atoms with E-state index in [-0.39, 0.29) is 11.5 Å². The molecule has 8 nitrogen and oxygen atoms in total. The molecule has 0 fully saturated rings. The lowest BCUT2D eigenvalue weighted by atomic mass is 10.1. The van der Waals surface area contributed by atoms with E-state index in [1.807, 2.05) is 0 Å². The SMILES string of the molecule is COC(=O)/C=C(/Nc1ccc(-c2ccc(C(=O)OC)o2)cc1)C(=O)OC. The van der Waals surface area contributed by atoms with Crippen molar-refractivity contribution in [1.82, 2.24) is 0 Å². The lowest BCUT2D eigenvalue weighted by Gasteiger charge is -2.09. The molecule has 0 unspecified atom stereocenters. The van der Waals surface area contributed by atoms with Crippen LogP contribution in [0.3, 0.4) is 0 Å². The van der Waals surface area contributed by atoms with E-state index in [1.54, 1.807) is 30.3 Å². The van der Waals surface area contributed by atoms with Gasteiger partial charge in [-0.2, -0.15) is 0 Å². The Bertz CT molecular complexity index is 833. The molecule has 2 aromatic rings. The number of rotatable bonds is 6. The normalized spacial score (nSPS) is 10.8. The molecule has 0 amide bonds. The number of methoxy groups -OCH3 is 3. The van der Waals surface area contributed by atoms with Gasteiger partial charge in [-0.05, 0) is 36.4 Å². The van der Waals surface area contributed by atoms with Crippen molar-refractivity contribution in [2.75, 3.05) is 26.6 Å². The Morgan fingerprint density at radius 3 is 2.19 bits per heavy atom. The second-order valence-electron chi connectivity index (χ2n) is 4.93. The number of anilines is 1. The zero-order valence-electron chi connectivity index (χ0n) is 14.4. The number of nitrogens with one attached hydrogen (secondary N) is 1. The van der Waals surface area contributed by atoms with E-state index in [0.29, 0.717) is 17.0 Å². The molecular formula is C18H17NO7. The van der Waals surface area contributed by atoms with Crippen LogP contribution < -0.4 is 5.32 Å². The number of benzene rings is 1. The van der Waals surface area contributed by atoms with Crippen molar-refractivity contribution in [3.05, 3.63) is 53.9 Å². The number of ether oxygens (including phenoxy) is 3. The van der Waals surface area contributed by atoms with Crippen molar-refractivity contribution in [3.63, 3.8) is 0 Å². The summed E-state index contributed by atoms with van der Waals surface area (Å²) in [6.45, 7) is 0. The van der Waals surface area contributed by atoms with Gasteiger partial charge in [-0.25, -0.2) is 14.4 Å². The van der Waals surface area contributed by atoms with Gasteiger partial charge in [0.15, 0.2) is 0 Å². The lowest BCUT2D eigenvalue weighted by Crippen LogP contribution is -2.15. The summed E-state index contributed by atoms with van der Waals surface area (Å²) in [5.74, 6) is -1.40. The summed E-state index contributed by atoms with van der Waals surface area (Å²) in [5.41, 5.74) is 1.18. The second kappa shape index (κ2) is 8.52.